The fourth-order valence-corrected chi connectivity index (χ4v) is 2.98. The van der Waals surface area contributed by atoms with E-state index >= 15 is 0 Å². The number of hydrogen-bond donors (Lipinski definition) is 1. The van der Waals surface area contributed by atoms with Gasteiger partial charge in [0, 0.05) is 16.8 Å². The number of para-hydroxylation sites is 1. The predicted octanol–water partition coefficient (Wildman–Crippen LogP) is 3.87. The summed E-state index contributed by atoms with van der Waals surface area (Å²) in [6.45, 7) is 2.26. The first-order valence-electron chi connectivity index (χ1n) is 7.14. The lowest BCUT2D eigenvalue weighted by molar-refractivity contribution is -0.115. The average Bonchev–Trinajstić information content (AvgIpc) is 2.79. The predicted molar refractivity (Wildman–Crippen MR) is 87.0 cm³/mol. The number of carbonyl (C=O) groups excluding carboxylic acids is 1. The number of hydrogen-bond acceptors (Lipinski definition) is 2. The van der Waals surface area contributed by atoms with E-state index < -0.39 is 5.82 Å². The van der Waals surface area contributed by atoms with Gasteiger partial charge in [0.25, 0.3) is 0 Å². The fraction of sp³-hybridized carbons (Fsp3) is 0.235. The maximum Gasteiger partial charge on any atom is 0.243 e. The summed E-state index contributed by atoms with van der Waals surface area (Å²) in [7, 11) is 0. The van der Waals surface area contributed by atoms with Crippen LogP contribution in [0.5, 0.6) is 0 Å². The Bertz CT molecular complexity index is 720. The number of nitrogens with zero attached hydrogens (tertiary/aromatic N) is 1. The van der Waals surface area contributed by atoms with Crippen LogP contribution in [-0.2, 0) is 11.2 Å². The van der Waals surface area contributed by atoms with Crippen LogP contribution >= 0.6 is 11.6 Å². The molecule has 22 heavy (non-hydrogen) atoms. The highest BCUT2D eigenvalue weighted by Gasteiger charge is 2.27. The zero-order chi connectivity index (χ0) is 15.7. The molecule has 114 valence electrons. The second-order valence-corrected chi connectivity index (χ2v) is 5.92. The highest BCUT2D eigenvalue weighted by Crippen LogP contribution is 2.31. The van der Waals surface area contributed by atoms with Crippen molar-refractivity contribution in [3.05, 3.63) is 58.9 Å². The normalized spacial score (nSPS) is 16.5. The SMILES string of the molecule is CC1Cc2ccccc2N1CC(=O)Nc1cc(Cl)ccc1F. The highest BCUT2D eigenvalue weighted by atomic mass is 35.5. The molecular formula is C17H16ClFN2O. The molecule has 1 heterocycles. The summed E-state index contributed by atoms with van der Waals surface area (Å²) < 4.78 is 13.7. The monoisotopic (exact) mass is 318 g/mol. The number of halogens is 2. The van der Waals surface area contributed by atoms with Gasteiger partial charge in [-0.2, -0.15) is 0 Å². The molecule has 0 aromatic heterocycles. The number of nitrogens with one attached hydrogen (secondary N) is 1. The largest absolute Gasteiger partial charge is 0.359 e. The van der Waals surface area contributed by atoms with Gasteiger partial charge in [0.05, 0.1) is 12.2 Å². The zero-order valence-electron chi connectivity index (χ0n) is 12.1. The van der Waals surface area contributed by atoms with E-state index in [0.717, 1.165) is 12.1 Å². The highest BCUT2D eigenvalue weighted by molar-refractivity contribution is 6.30. The molecule has 3 nitrogen and oxygen atoms in total. The molecular weight excluding hydrogens is 303 g/mol. The van der Waals surface area contributed by atoms with E-state index in [1.165, 1.54) is 23.8 Å². The maximum atomic E-state index is 13.7. The van der Waals surface area contributed by atoms with E-state index in [1.807, 2.05) is 23.1 Å². The molecule has 0 spiro atoms. The second kappa shape index (κ2) is 5.97. The number of fused-ring (bicyclic) bond motifs is 1. The van der Waals surface area contributed by atoms with Gasteiger partial charge < -0.3 is 10.2 Å². The number of rotatable bonds is 3. The zero-order valence-corrected chi connectivity index (χ0v) is 12.9. The maximum absolute atomic E-state index is 13.7. The molecule has 1 unspecified atom stereocenters. The van der Waals surface area contributed by atoms with Gasteiger partial charge in [-0.25, -0.2) is 4.39 Å². The summed E-state index contributed by atoms with van der Waals surface area (Å²) in [6.07, 6.45) is 0.912. The van der Waals surface area contributed by atoms with Gasteiger partial charge in [-0.05, 0) is 43.2 Å². The topological polar surface area (TPSA) is 32.3 Å². The van der Waals surface area contributed by atoms with Crippen LogP contribution in [0.4, 0.5) is 15.8 Å². The van der Waals surface area contributed by atoms with Crippen LogP contribution < -0.4 is 10.2 Å². The van der Waals surface area contributed by atoms with Gasteiger partial charge in [-0.3, -0.25) is 4.79 Å². The van der Waals surface area contributed by atoms with Crippen molar-refractivity contribution in [1.82, 2.24) is 0 Å². The lowest BCUT2D eigenvalue weighted by Crippen LogP contribution is -2.37. The molecule has 3 rings (SSSR count). The van der Waals surface area contributed by atoms with Crippen molar-refractivity contribution in [2.45, 2.75) is 19.4 Å². The number of benzene rings is 2. The molecule has 0 bridgehead atoms. The third-order valence-electron chi connectivity index (χ3n) is 3.86. The van der Waals surface area contributed by atoms with Gasteiger partial charge in [-0.1, -0.05) is 29.8 Å². The molecule has 0 radical (unpaired) electrons. The van der Waals surface area contributed by atoms with Crippen LogP contribution in [0.3, 0.4) is 0 Å². The second-order valence-electron chi connectivity index (χ2n) is 5.48. The summed E-state index contributed by atoms with van der Waals surface area (Å²) in [4.78, 5) is 14.3. The van der Waals surface area contributed by atoms with Crippen LogP contribution in [0.25, 0.3) is 0 Å². The van der Waals surface area contributed by atoms with Crippen molar-refractivity contribution in [3.63, 3.8) is 0 Å². The minimum absolute atomic E-state index is 0.109. The molecule has 1 aliphatic heterocycles. The quantitative estimate of drug-likeness (QED) is 0.931. The Morgan fingerprint density at radius 2 is 2.14 bits per heavy atom. The first-order valence-corrected chi connectivity index (χ1v) is 7.52. The van der Waals surface area contributed by atoms with E-state index in [0.29, 0.717) is 5.02 Å². The van der Waals surface area contributed by atoms with Crippen molar-refractivity contribution in [3.8, 4) is 0 Å². The first kappa shape index (κ1) is 14.9. The molecule has 0 aliphatic carbocycles. The van der Waals surface area contributed by atoms with E-state index in [9.17, 15) is 9.18 Å². The Kier molecular flexibility index (Phi) is 4.03. The van der Waals surface area contributed by atoms with Crippen molar-refractivity contribution in [2.24, 2.45) is 0 Å². The Hall–Kier alpha value is -2.07. The summed E-state index contributed by atoms with van der Waals surface area (Å²) in [5, 5.41) is 2.97. The van der Waals surface area contributed by atoms with Gasteiger partial charge in [0.1, 0.15) is 5.82 Å². The molecule has 0 saturated heterocycles. The molecule has 0 saturated carbocycles. The number of carbonyl (C=O) groups is 1. The molecule has 2 aromatic carbocycles. The van der Waals surface area contributed by atoms with Crippen molar-refractivity contribution in [1.29, 1.82) is 0 Å². The molecule has 1 N–H and O–H groups in total. The van der Waals surface area contributed by atoms with Crippen LogP contribution in [0.15, 0.2) is 42.5 Å². The molecule has 1 atom stereocenters. The third kappa shape index (κ3) is 2.92. The Balaban J connectivity index is 1.73. The summed E-state index contributed by atoms with van der Waals surface area (Å²) in [5.41, 5.74) is 2.41. The van der Waals surface area contributed by atoms with E-state index in [-0.39, 0.29) is 24.2 Å². The lowest BCUT2D eigenvalue weighted by atomic mass is 10.1. The van der Waals surface area contributed by atoms with Gasteiger partial charge in [-0.15, -0.1) is 0 Å². The smallest absolute Gasteiger partial charge is 0.243 e. The van der Waals surface area contributed by atoms with Gasteiger partial charge >= 0.3 is 0 Å². The Morgan fingerprint density at radius 1 is 1.36 bits per heavy atom. The summed E-state index contributed by atoms with van der Waals surface area (Å²) in [6, 6.07) is 12.4. The molecule has 1 amide bonds. The van der Waals surface area contributed by atoms with Crippen LogP contribution in [-0.4, -0.2) is 18.5 Å². The lowest BCUT2D eigenvalue weighted by Gasteiger charge is -2.24. The van der Waals surface area contributed by atoms with Crippen molar-refractivity contribution < 1.29 is 9.18 Å². The van der Waals surface area contributed by atoms with Gasteiger partial charge in [0.15, 0.2) is 0 Å². The third-order valence-corrected chi connectivity index (χ3v) is 4.10. The minimum Gasteiger partial charge on any atom is -0.359 e. The van der Waals surface area contributed by atoms with Crippen LogP contribution in [0.2, 0.25) is 5.02 Å². The fourth-order valence-electron chi connectivity index (χ4n) is 2.81. The number of anilines is 2. The standard InChI is InChI=1S/C17H16ClFN2O/c1-11-8-12-4-2-3-5-16(12)21(11)10-17(22)20-15-9-13(18)6-7-14(15)19/h2-7,9,11H,8,10H2,1H3,(H,20,22). The van der Waals surface area contributed by atoms with E-state index in [2.05, 4.69) is 18.3 Å². The Labute approximate surface area is 133 Å². The van der Waals surface area contributed by atoms with E-state index in [4.69, 9.17) is 11.6 Å². The molecule has 2 aromatic rings. The molecule has 5 heteroatoms. The van der Waals surface area contributed by atoms with Crippen molar-refractivity contribution in [2.75, 3.05) is 16.8 Å². The van der Waals surface area contributed by atoms with Crippen LogP contribution in [0, 0.1) is 5.82 Å². The van der Waals surface area contributed by atoms with Gasteiger partial charge in [0.2, 0.25) is 5.91 Å². The first-order chi connectivity index (χ1) is 10.5. The minimum atomic E-state index is -0.493. The molecule has 0 fully saturated rings. The average molecular weight is 319 g/mol. The molecule has 1 aliphatic rings. The Morgan fingerprint density at radius 3 is 2.95 bits per heavy atom. The van der Waals surface area contributed by atoms with Crippen molar-refractivity contribution >= 4 is 28.9 Å². The summed E-state index contributed by atoms with van der Waals surface area (Å²) >= 11 is 5.83. The van der Waals surface area contributed by atoms with Crippen LogP contribution in [0.1, 0.15) is 12.5 Å². The number of amides is 1. The van der Waals surface area contributed by atoms with E-state index in [1.54, 1.807) is 0 Å². The summed E-state index contributed by atoms with van der Waals surface area (Å²) in [5.74, 6) is -0.752.